The number of amides is 1. The van der Waals surface area contributed by atoms with Crippen LogP contribution in [0.25, 0.3) is 0 Å². The molecule has 0 aliphatic carbocycles. The van der Waals surface area contributed by atoms with E-state index >= 15 is 0 Å². The molecule has 3 aromatic carbocycles. The zero-order valence-corrected chi connectivity index (χ0v) is 19.5. The van der Waals surface area contributed by atoms with Gasteiger partial charge in [-0.2, -0.15) is 0 Å². The van der Waals surface area contributed by atoms with E-state index in [1.54, 1.807) is 7.11 Å². The van der Waals surface area contributed by atoms with Crippen molar-refractivity contribution in [3.63, 3.8) is 0 Å². The van der Waals surface area contributed by atoms with Gasteiger partial charge in [0.25, 0.3) is 0 Å². The van der Waals surface area contributed by atoms with Gasteiger partial charge in [-0.3, -0.25) is 9.79 Å². The van der Waals surface area contributed by atoms with Gasteiger partial charge in [0.15, 0.2) is 0 Å². The summed E-state index contributed by atoms with van der Waals surface area (Å²) in [5, 5.41) is 3.91. The van der Waals surface area contributed by atoms with Crippen LogP contribution in [0.4, 0.5) is 11.4 Å². The SMILES string of the molecule is COc1ccc(C2=Nc3ccccc3N=C(SCC(=O)NCCCc3ccccc3)C2)cc1. The van der Waals surface area contributed by atoms with Gasteiger partial charge in [0.05, 0.1) is 35.0 Å². The smallest absolute Gasteiger partial charge is 0.230 e. The van der Waals surface area contributed by atoms with Crippen molar-refractivity contribution in [3.8, 4) is 5.75 Å². The monoisotopic (exact) mass is 457 g/mol. The lowest BCUT2D eigenvalue weighted by Gasteiger charge is -2.09. The molecule has 6 heteroatoms. The number of methoxy groups -OCH3 is 1. The van der Waals surface area contributed by atoms with Crippen LogP contribution in [0.2, 0.25) is 0 Å². The molecular weight excluding hydrogens is 430 g/mol. The van der Waals surface area contributed by atoms with Crippen molar-refractivity contribution in [2.75, 3.05) is 19.4 Å². The van der Waals surface area contributed by atoms with Crippen LogP contribution in [0.1, 0.15) is 24.0 Å². The summed E-state index contributed by atoms with van der Waals surface area (Å²) in [5.74, 6) is 1.17. The second kappa shape index (κ2) is 11.5. The molecule has 3 aromatic rings. The van der Waals surface area contributed by atoms with Crippen molar-refractivity contribution in [2.45, 2.75) is 19.3 Å². The van der Waals surface area contributed by atoms with Crippen molar-refractivity contribution >= 4 is 39.8 Å². The minimum atomic E-state index is 0.0243. The summed E-state index contributed by atoms with van der Waals surface area (Å²) in [7, 11) is 1.66. The lowest BCUT2D eigenvalue weighted by atomic mass is 10.1. The fourth-order valence-electron chi connectivity index (χ4n) is 3.55. The summed E-state index contributed by atoms with van der Waals surface area (Å²) < 4.78 is 5.28. The molecule has 1 N–H and O–H groups in total. The lowest BCUT2D eigenvalue weighted by molar-refractivity contribution is -0.118. The average Bonchev–Trinajstić information content (AvgIpc) is 3.05. The Bertz CT molecular complexity index is 1140. The number of hydrogen-bond donors (Lipinski definition) is 1. The van der Waals surface area contributed by atoms with Crippen LogP contribution in [0.5, 0.6) is 5.75 Å². The average molecular weight is 458 g/mol. The summed E-state index contributed by atoms with van der Waals surface area (Å²) in [5.41, 5.74) is 4.90. The molecule has 1 aliphatic rings. The van der Waals surface area contributed by atoms with Crippen molar-refractivity contribution in [1.29, 1.82) is 0 Å². The number of aryl methyl sites for hydroxylation is 1. The number of thioether (sulfide) groups is 1. The number of nitrogens with zero attached hydrogens (tertiary/aromatic N) is 2. The zero-order chi connectivity index (χ0) is 22.9. The van der Waals surface area contributed by atoms with Crippen LogP contribution in [-0.2, 0) is 11.2 Å². The van der Waals surface area contributed by atoms with Crippen LogP contribution < -0.4 is 10.1 Å². The van der Waals surface area contributed by atoms with E-state index in [-0.39, 0.29) is 5.91 Å². The van der Waals surface area contributed by atoms with Crippen LogP contribution in [0.15, 0.2) is 88.8 Å². The van der Waals surface area contributed by atoms with Gasteiger partial charge in [-0.15, -0.1) is 11.8 Å². The van der Waals surface area contributed by atoms with E-state index in [1.807, 2.05) is 66.7 Å². The lowest BCUT2D eigenvalue weighted by Crippen LogP contribution is -2.27. The van der Waals surface area contributed by atoms with Crippen molar-refractivity contribution in [3.05, 3.63) is 90.0 Å². The number of carbonyl (C=O) groups excluding carboxylic acids is 1. The predicted molar refractivity (Wildman–Crippen MR) is 138 cm³/mol. The molecule has 0 unspecified atom stereocenters. The number of ether oxygens (including phenoxy) is 1. The van der Waals surface area contributed by atoms with Crippen molar-refractivity contribution < 1.29 is 9.53 Å². The Hall–Kier alpha value is -3.38. The maximum absolute atomic E-state index is 12.4. The Labute approximate surface area is 199 Å². The van der Waals surface area contributed by atoms with Gasteiger partial charge in [-0.1, -0.05) is 42.5 Å². The third kappa shape index (κ3) is 6.56. The van der Waals surface area contributed by atoms with Gasteiger partial charge < -0.3 is 10.1 Å². The van der Waals surface area contributed by atoms with Gasteiger partial charge in [-0.05, 0) is 60.4 Å². The molecule has 0 saturated heterocycles. The number of benzene rings is 3. The third-order valence-corrected chi connectivity index (χ3v) is 6.28. The Morgan fingerprint density at radius 3 is 2.36 bits per heavy atom. The summed E-state index contributed by atoms with van der Waals surface area (Å²) in [6.45, 7) is 0.669. The second-order valence-corrected chi connectivity index (χ2v) is 8.73. The summed E-state index contributed by atoms with van der Waals surface area (Å²) >= 11 is 1.48. The number of hydrogen-bond acceptors (Lipinski definition) is 5. The molecule has 0 radical (unpaired) electrons. The molecule has 1 amide bonds. The van der Waals surface area contributed by atoms with Crippen LogP contribution in [-0.4, -0.2) is 36.1 Å². The van der Waals surface area contributed by atoms with E-state index in [0.29, 0.717) is 18.7 Å². The van der Waals surface area contributed by atoms with Crippen LogP contribution >= 0.6 is 11.8 Å². The van der Waals surface area contributed by atoms with E-state index in [9.17, 15) is 4.79 Å². The maximum Gasteiger partial charge on any atom is 0.230 e. The second-order valence-electron chi connectivity index (χ2n) is 7.69. The molecule has 5 nitrogen and oxygen atoms in total. The van der Waals surface area contributed by atoms with E-state index in [1.165, 1.54) is 17.3 Å². The van der Waals surface area contributed by atoms with Crippen LogP contribution in [0, 0.1) is 0 Å². The van der Waals surface area contributed by atoms with Crippen LogP contribution in [0.3, 0.4) is 0 Å². The standard InChI is InChI=1S/C27H27N3O2S/c1-32-22-15-13-21(14-16-22)25-18-27(30-24-12-6-5-11-23(24)29-25)33-19-26(31)28-17-7-10-20-8-3-2-4-9-20/h2-6,8-9,11-16H,7,10,17-19H2,1H3,(H,28,31). The molecule has 0 bridgehead atoms. The third-order valence-electron chi connectivity index (χ3n) is 5.30. The van der Waals surface area contributed by atoms with Crippen molar-refractivity contribution in [2.24, 2.45) is 9.98 Å². The highest BCUT2D eigenvalue weighted by molar-refractivity contribution is 8.14. The molecule has 1 heterocycles. The van der Waals surface area contributed by atoms with E-state index in [4.69, 9.17) is 14.7 Å². The quantitative estimate of drug-likeness (QED) is 0.439. The van der Waals surface area contributed by atoms with E-state index in [2.05, 4.69) is 17.4 Å². The molecule has 0 aromatic heterocycles. The zero-order valence-electron chi connectivity index (χ0n) is 18.7. The summed E-state index contributed by atoms with van der Waals surface area (Å²) in [6.07, 6.45) is 2.45. The number of fused-ring (bicyclic) bond motifs is 1. The van der Waals surface area contributed by atoms with E-state index < -0.39 is 0 Å². The normalized spacial score (nSPS) is 12.8. The molecular formula is C27H27N3O2S. The molecule has 0 saturated carbocycles. The minimum Gasteiger partial charge on any atom is -0.497 e. The van der Waals surface area contributed by atoms with Gasteiger partial charge >= 0.3 is 0 Å². The fraction of sp³-hybridized carbons (Fsp3) is 0.222. The number of nitrogens with one attached hydrogen (secondary N) is 1. The molecule has 1 aliphatic heterocycles. The molecule has 4 rings (SSSR count). The first-order chi connectivity index (χ1) is 16.2. The summed E-state index contributed by atoms with van der Waals surface area (Å²) in [4.78, 5) is 22.1. The molecule has 0 fully saturated rings. The van der Waals surface area contributed by atoms with Gasteiger partial charge in [0, 0.05) is 13.0 Å². The molecule has 0 spiro atoms. The number of para-hydroxylation sites is 2. The van der Waals surface area contributed by atoms with Crippen molar-refractivity contribution in [1.82, 2.24) is 5.32 Å². The largest absolute Gasteiger partial charge is 0.497 e. The highest BCUT2D eigenvalue weighted by atomic mass is 32.2. The highest BCUT2D eigenvalue weighted by Crippen LogP contribution is 2.33. The topological polar surface area (TPSA) is 63.1 Å². The molecule has 33 heavy (non-hydrogen) atoms. The first-order valence-corrected chi connectivity index (χ1v) is 12.0. The fourth-order valence-corrected chi connectivity index (χ4v) is 4.35. The number of carbonyl (C=O) groups is 1. The van der Waals surface area contributed by atoms with Gasteiger partial charge in [-0.25, -0.2) is 4.99 Å². The first-order valence-electron chi connectivity index (χ1n) is 11.0. The Kier molecular flexibility index (Phi) is 7.93. The Morgan fingerprint density at radius 1 is 0.939 bits per heavy atom. The highest BCUT2D eigenvalue weighted by Gasteiger charge is 2.16. The maximum atomic E-state index is 12.4. The van der Waals surface area contributed by atoms with Gasteiger partial charge in [0.2, 0.25) is 5.91 Å². The van der Waals surface area contributed by atoms with Gasteiger partial charge in [0.1, 0.15) is 5.75 Å². The first kappa shape index (κ1) is 22.8. The Balaban J connectivity index is 1.37. The molecule has 0 atom stereocenters. The molecule has 168 valence electrons. The van der Waals surface area contributed by atoms with E-state index in [0.717, 1.165) is 46.3 Å². The summed E-state index contributed by atoms with van der Waals surface area (Å²) in [6, 6.07) is 26.0. The number of rotatable bonds is 8. The minimum absolute atomic E-state index is 0.0243. The predicted octanol–water partition coefficient (Wildman–Crippen LogP) is 5.73. The Morgan fingerprint density at radius 2 is 1.64 bits per heavy atom. The number of aliphatic imine (C=N–C) groups is 2.